The Kier molecular flexibility index (Phi) is 4.57. The van der Waals surface area contributed by atoms with Gasteiger partial charge >= 0.3 is 0 Å². The molecule has 0 spiro atoms. The fraction of sp³-hybridized carbons (Fsp3) is 0.400. The molecule has 1 unspecified atom stereocenters. The Balaban J connectivity index is 1.52. The summed E-state index contributed by atoms with van der Waals surface area (Å²) in [6.45, 7) is 2.24. The van der Waals surface area contributed by atoms with E-state index < -0.39 is 0 Å². The van der Waals surface area contributed by atoms with Crippen molar-refractivity contribution in [1.29, 1.82) is 0 Å². The zero-order chi connectivity index (χ0) is 17.2. The van der Waals surface area contributed by atoms with Gasteiger partial charge in [0.1, 0.15) is 0 Å². The van der Waals surface area contributed by atoms with Crippen LogP contribution in [0.25, 0.3) is 0 Å². The highest BCUT2D eigenvalue weighted by atomic mass is 32.1. The number of nitrogens with zero attached hydrogens (tertiary/aromatic N) is 2. The third-order valence-corrected chi connectivity index (χ3v) is 6.08. The van der Waals surface area contributed by atoms with Crippen LogP contribution < -0.4 is 0 Å². The number of thiophene rings is 1. The molecule has 3 heterocycles. The molecule has 2 fully saturated rings. The van der Waals surface area contributed by atoms with Crippen molar-refractivity contribution in [1.82, 2.24) is 9.80 Å². The fourth-order valence-corrected chi connectivity index (χ4v) is 4.72. The summed E-state index contributed by atoms with van der Waals surface area (Å²) in [6.07, 6.45) is 3.67. The Hall–Kier alpha value is -2.14. The molecule has 1 aromatic heterocycles. The van der Waals surface area contributed by atoms with E-state index in [1.165, 1.54) is 4.88 Å². The van der Waals surface area contributed by atoms with E-state index in [4.69, 9.17) is 0 Å². The lowest BCUT2D eigenvalue weighted by Crippen LogP contribution is -2.30. The average Bonchev–Trinajstić information content (AvgIpc) is 3.36. The quantitative estimate of drug-likeness (QED) is 0.837. The Labute approximate surface area is 152 Å². The Morgan fingerprint density at radius 2 is 2.08 bits per heavy atom. The number of benzene rings is 1. The highest BCUT2D eigenvalue weighted by Gasteiger charge is 2.31. The van der Waals surface area contributed by atoms with Crippen molar-refractivity contribution in [2.24, 2.45) is 0 Å². The van der Waals surface area contributed by atoms with Crippen molar-refractivity contribution >= 4 is 23.2 Å². The second kappa shape index (κ2) is 7.00. The standard InChI is InChI=1S/C20H22N2O2S/c23-19-9-3-10-21(19)14-15-5-1-6-16(13-15)20(24)22-11-2-7-17(22)18-8-4-12-25-18/h1,4-6,8,12-13,17H,2-3,7,9-11,14H2. The summed E-state index contributed by atoms with van der Waals surface area (Å²) in [7, 11) is 0. The molecule has 0 aliphatic carbocycles. The minimum atomic E-state index is 0.102. The largest absolute Gasteiger partial charge is 0.338 e. The first kappa shape index (κ1) is 16.3. The van der Waals surface area contributed by atoms with Gasteiger partial charge in [0.15, 0.2) is 0 Å². The summed E-state index contributed by atoms with van der Waals surface area (Å²) in [6, 6.07) is 12.2. The van der Waals surface area contributed by atoms with Crippen LogP contribution in [0.2, 0.25) is 0 Å². The molecule has 130 valence electrons. The summed E-state index contributed by atoms with van der Waals surface area (Å²) < 4.78 is 0. The third-order valence-electron chi connectivity index (χ3n) is 5.10. The molecular weight excluding hydrogens is 332 g/mol. The van der Waals surface area contributed by atoms with E-state index in [1.807, 2.05) is 34.1 Å². The molecule has 0 bridgehead atoms. The lowest BCUT2D eigenvalue weighted by atomic mass is 10.1. The van der Waals surface area contributed by atoms with Crippen molar-refractivity contribution in [3.05, 3.63) is 57.8 Å². The zero-order valence-corrected chi connectivity index (χ0v) is 15.0. The lowest BCUT2D eigenvalue weighted by molar-refractivity contribution is -0.128. The predicted molar refractivity (Wildman–Crippen MR) is 98.4 cm³/mol. The smallest absolute Gasteiger partial charge is 0.254 e. The van der Waals surface area contributed by atoms with Gasteiger partial charge in [0.05, 0.1) is 6.04 Å². The minimum Gasteiger partial charge on any atom is -0.338 e. The van der Waals surface area contributed by atoms with E-state index in [0.29, 0.717) is 13.0 Å². The Bertz CT molecular complexity index is 772. The number of rotatable bonds is 4. The maximum absolute atomic E-state index is 13.1. The average molecular weight is 354 g/mol. The van der Waals surface area contributed by atoms with E-state index in [2.05, 4.69) is 17.5 Å². The van der Waals surface area contributed by atoms with Crippen molar-refractivity contribution in [3.63, 3.8) is 0 Å². The van der Waals surface area contributed by atoms with Crippen molar-refractivity contribution in [2.75, 3.05) is 13.1 Å². The Morgan fingerprint density at radius 3 is 2.84 bits per heavy atom. The van der Waals surface area contributed by atoms with Gasteiger partial charge in [-0.15, -0.1) is 11.3 Å². The fourth-order valence-electron chi connectivity index (χ4n) is 3.85. The molecule has 1 atom stereocenters. The van der Waals surface area contributed by atoms with Crippen LogP contribution in [0.15, 0.2) is 41.8 Å². The maximum atomic E-state index is 13.1. The van der Waals surface area contributed by atoms with Gasteiger partial charge in [-0.25, -0.2) is 0 Å². The molecule has 0 N–H and O–H groups in total. The summed E-state index contributed by atoms with van der Waals surface area (Å²) in [5.41, 5.74) is 1.76. The van der Waals surface area contributed by atoms with Crippen molar-refractivity contribution in [3.8, 4) is 0 Å². The van der Waals surface area contributed by atoms with Crippen LogP contribution in [0.1, 0.15) is 52.5 Å². The minimum absolute atomic E-state index is 0.102. The topological polar surface area (TPSA) is 40.6 Å². The van der Waals surface area contributed by atoms with Gasteiger partial charge < -0.3 is 9.80 Å². The number of likely N-dealkylation sites (tertiary alicyclic amines) is 2. The molecule has 0 radical (unpaired) electrons. The maximum Gasteiger partial charge on any atom is 0.254 e. The number of carbonyl (C=O) groups is 2. The molecule has 5 heteroatoms. The molecule has 4 rings (SSSR count). The summed E-state index contributed by atoms with van der Waals surface area (Å²) >= 11 is 1.72. The molecule has 2 aliphatic heterocycles. The van der Waals surface area contributed by atoms with Crippen LogP contribution in [-0.2, 0) is 11.3 Å². The molecule has 1 aromatic carbocycles. The van der Waals surface area contributed by atoms with Gasteiger partial charge in [0.2, 0.25) is 5.91 Å². The van der Waals surface area contributed by atoms with Gasteiger partial charge in [-0.3, -0.25) is 9.59 Å². The molecule has 2 aliphatic rings. The first-order chi connectivity index (χ1) is 12.2. The van der Waals surface area contributed by atoms with Crippen molar-refractivity contribution < 1.29 is 9.59 Å². The van der Waals surface area contributed by atoms with E-state index in [-0.39, 0.29) is 17.9 Å². The molecule has 2 saturated heterocycles. The second-order valence-corrected chi connectivity index (χ2v) is 7.77. The van der Waals surface area contributed by atoms with E-state index >= 15 is 0 Å². The van der Waals surface area contributed by atoms with Gasteiger partial charge in [-0.1, -0.05) is 18.2 Å². The van der Waals surface area contributed by atoms with Crippen LogP contribution in [0.4, 0.5) is 0 Å². The highest BCUT2D eigenvalue weighted by molar-refractivity contribution is 7.10. The van der Waals surface area contributed by atoms with Gasteiger partial charge in [0.25, 0.3) is 5.91 Å². The highest BCUT2D eigenvalue weighted by Crippen LogP contribution is 2.35. The molecule has 4 nitrogen and oxygen atoms in total. The number of carbonyl (C=O) groups excluding carboxylic acids is 2. The molecule has 2 amide bonds. The van der Waals surface area contributed by atoms with Crippen molar-refractivity contribution in [2.45, 2.75) is 38.3 Å². The molecular formula is C20H22N2O2S. The van der Waals surface area contributed by atoms with Crippen LogP contribution >= 0.6 is 11.3 Å². The van der Waals surface area contributed by atoms with Crippen LogP contribution in [0, 0.1) is 0 Å². The number of hydrogen-bond donors (Lipinski definition) is 0. The summed E-state index contributed by atoms with van der Waals surface area (Å²) in [4.78, 5) is 30.0. The molecule has 2 aromatic rings. The monoisotopic (exact) mass is 354 g/mol. The number of amides is 2. The van der Waals surface area contributed by atoms with Crippen LogP contribution in [0.3, 0.4) is 0 Å². The van der Waals surface area contributed by atoms with E-state index in [1.54, 1.807) is 11.3 Å². The second-order valence-electron chi connectivity index (χ2n) is 6.79. The Morgan fingerprint density at radius 1 is 1.16 bits per heavy atom. The predicted octanol–water partition coefficient (Wildman–Crippen LogP) is 3.85. The first-order valence-electron chi connectivity index (χ1n) is 8.93. The van der Waals surface area contributed by atoms with Crippen LogP contribution in [0.5, 0.6) is 0 Å². The molecule has 25 heavy (non-hydrogen) atoms. The van der Waals surface area contributed by atoms with E-state index in [9.17, 15) is 9.59 Å². The lowest BCUT2D eigenvalue weighted by Gasteiger charge is -2.24. The zero-order valence-electron chi connectivity index (χ0n) is 14.2. The summed E-state index contributed by atoms with van der Waals surface area (Å²) in [5.74, 6) is 0.319. The molecule has 0 saturated carbocycles. The number of hydrogen-bond acceptors (Lipinski definition) is 3. The normalized spacial score (nSPS) is 20.5. The van der Waals surface area contributed by atoms with Gasteiger partial charge in [-0.05, 0) is 48.4 Å². The summed E-state index contributed by atoms with van der Waals surface area (Å²) in [5, 5.41) is 2.07. The van der Waals surface area contributed by atoms with E-state index in [0.717, 1.165) is 43.5 Å². The van der Waals surface area contributed by atoms with Gasteiger partial charge in [-0.2, -0.15) is 0 Å². The van der Waals surface area contributed by atoms with Crippen LogP contribution in [-0.4, -0.2) is 34.7 Å². The first-order valence-corrected chi connectivity index (χ1v) is 9.81. The SMILES string of the molecule is O=C1CCCN1Cc1cccc(C(=O)N2CCCC2c2cccs2)c1. The van der Waals surface area contributed by atoms with Gasteiger partial charge in [0, 0.05) is 36.5 Å². The third kappa shape index (κ3) is 3.33.